The number of rotatable bonds is 60. The Morgan fingerprint density at radius 2 is 0.371 bits per heavy atom. The summed E-state index contributed by atoms with van der Waals surface area (Å²) in [5, 5.41) is 0. The average molecular weight is 1110 g/mol. The van der Waals surface area contributed by atoms with Gasteiger partial charge in [0.2, 0.25) is 0 Å². The summed E-state index contributed by atoms with van der Waals surface area (Å²) < 4.78 is 8.54. The smallest absolute Gasteiger partial charge is 0.116 e. The summed E-state index contributed by atoms with van der Waals surface area (Å²) in [6.07, 6.45) is 78.5. The molecule has 0 radical (unpaired) electrons. The van der Waals surface area contributed by atoms with Gasteiger partial charge in [0.15, 0.2) is 0 Å². The summed E-state index contributed by atoms with van der Waals surface area (Å²) in [6.45, 7) is 12.6. The van der Waals surface area contributed by atoms with E-state index in [4.69, 9.17) is 17.4 Å². The first-order chi connectivity index (χ1) is 34.0. The molecule has 424 valence electrons. The molecule has 0 atom stereocenters. The van der Waals surface area contributed by atoms with Crippen molar-refractivity contribution >= 4 is 25.8 Å². The summed E-state index contributed by atoms with van der Waals surface area (Å²) in [5.74, 6) is 5.72. The SMILES string of the molecule is CCCCCCCCCCCCCOC(S)=S(CCCCCCCCCCCCC)(CCCCCCCCCCCCC)(CCCCCCCCCCCCC)CCCCCCCCCCCCC.[Mo]. The Morgan fingerprint density at radius 3 is 0.543 bits per heavy atom. The van der Waals surface area contributed by atoms with Gasteiger partial charge in [-0.1, -0.05) is 356 Å². The Balaban J connectivity index is 0. The zero-order valence-electron chi connectivity index (χ0n) is 49.6. The van der Waals surface area contributed by atoms with Crippen LogP contribution in [0.3, 0.4) is 0 Å². The molecule has 0 aromatic rings. The maximum absolute atomic E-state index is 7.22. The van der Waals surface area contributed by atoms with Crippen LogP contribution >= 0.6 is 21.4 Å². The molecule has 0 saturated carbocycles. The molecule has 0 aromatic heterocycles. The van der Waals surface area contributed by atoms with Crippen molar-refractivity contribution in [3.63, 3.8) is 0 Å². The molecule has 0 saturated heterocycles. The average Bonchev–Trinajstić information content (AvgIpc) is 3.36. The summed E-state index contributed by atoms with van der Waals surface area (Å²) in [6, 6.07) is 0. The molecule has 0 rings (SSSR count). The van der Waals surface area contributed by atoms with Crippen LogP contribution in [0, 0.1) is 0 Å². The third kappa shape index (κ3) is 46.5. The molecule has 1 nitrogen and oxygen atoms in total. The molecule has 0 aliphatic heterocycles. The van der Waals surface area contributed by atoms with Gasteiger partial charge in [-0.25, -0.2) is 8.75 Å². The third-order valence-corrected chi connectivity index (χ3v) is 24.8. The summed E-state index contributed by atoms with van der Waals surface area (Å²) in [4.78, 5) is 0. The molecule has 0 heterocycles. The van der Waals surface area contributed by atoms with E-state index in [1.165, 1.54) is 381 Å². The van der Waals surface area contributed by atoms with Gasteiger partial charge in [-0.15, -0.1) is 12.6 Å². The number of hydrogen-bond donors (Lipinski definition) is 1. The molecule has 0 aliphatic rings. The van der Waals surface area contributed by atoms with Crippen molar-refractivity contribution in [1.29, 1.82) is 0 Å². The predicted octanol–water partition coefficient (Wildman–Crippen LogP) is 24.9. The van der Waals surface area contributed by atoms with E-state index in [2.05, 4.69) is 34.6 Å². The number of unbranched alkanes of at least 4 members (excludes halogenated alkanes) is 50. The van der Waals surface area contributed by atoms with Crippen LogP contribution in [0.25, 0.3) is 0 Å². The molecule has 0 fully saturated rings. The molecular weight excluding hydrogens is 969 g/mol. The topological polar surface area (TPSA) is 9.23 Å². The molecule has 0 unspecified atom stereocenters. The molecule has 4 heteroatoms. The zero-order chi connectivity index (χ0) is 50.2. The molecule has 0 N–H and O–H groups in total. The second kappa shape index (κ2) is 59.5. The molecular formula is C66H136MoOS2. The first-order valence-electron chi connectivity index (χ1n) is 33.1. The third-order valence-electron chi connectivity index (χ3n) is 16.6. The predicted molar refractivity (Wildman–Crippen MR) is 329 cm³/mol. The monoisotopic (exact) mass is 1110 g/mol. The summed E-state index contributed by atoms with van der Waals surface area (Å²) >= 11 is 5.77. The van der Waals surface area contributed by atoms with Crippen LogP contribution < -0.4 is 0 Å². The largest absolute Gasteiger partial charge is 0.336 e. The fraction of sp³-hybridized carbons (Fsp3) is 0.985. The van der Waals surface area contributed by atoms with E-state index in [0.717, 1.165) is 6.61 Å². The van der Waals surface area contributed by atoms with E-state index in [-0.39, 0.29) is 21.1 Å². The maximum atomic E-state index is 7.22. The van der Waals surface area contributed by atoms with Gasteiger partial charge in [0.05, 0.1) is 6.61 Å². The second-order valence-electron chi connectivity index (χ2n) is 23.4. The number of ether oxygens (including phenoxy) is 1. The fourth-order valence-electron chi connectivity index (χ4n) is 11.6. The van der Waals surface area contributed by atoms with Crippen LogP contribution in [-0.4, -0.2) is 34.0 Å². The van der Waals surface area contributed by atoms with Crippen LogP contribution in [0.15, 0.2) is 0 Å². The minimum Gasteiger partial charge on any atom is -0.336 e. The van der Waals surface area contributed by atoms with E-state index in [1.807, 2.05) is 0 Å². The van der Waals surface area contributed by atoms with Crippen LogP contribution in [0.5, 0.6) is 0 Å². The molecule has 0 aliphatic carbocycles. The summed E-state index contributed by atoms with van der Waals surface area (Å²) in [7, 11) is -2.03. The minimum atomic E-state index is -2.03. The molecule has 0 spiro atoms. The molecule has 0 aromatic carbocycles. The standard InChI is InChI=1S/C66H136OS2.Mo/c1-6-11-16-21-26-31-36-41-46-51-56-61-67-66(68)69(62-57-52-47-42-37-32-27-22-17-12-7-2,63-58-53-48-43-38-33-28-23-18-13-8-3,64-59-54-49-44-39-34-29-24-19-14-9-4)65-60-55-50-45-40-35-30-25-20-15-10-5;/h68H,6-65H2,1-5H3;. The maximum Gasteiger partial charge on any atom is 0.116 e. The Hall–Kier alpha value is 1.22. The van der Waals surface area contributed by atoms with E-state index in [1.54, 1.807) is 0 Å². The van der Waals surface area contributed by atoms with E-state index >= 15 is 0 Å². The summed E-state index contributed by atoms with van der Waals surface area (Å²) in [5.41, 5.74) is 0. The van der Waals surface area contributed by atoms with Crippen LogP contribution in [-0.2, 0) is 25.8 Å². The van der Waals surface area contributed by atoms with Gasteiger partial charge in [-0.3, -0.25) is 0 Å². The van der Waals surface area contributed by atoms with Crippen LogP contribution in [0.4, 0.5) is 0 Å². The van der Waals surface area contributed by atoms with Crippen molar-refractivity contribution in [3.8, 4) is 0 Å². The Morgan fingerprint density at radius 1 is 0.229 bits per heavy atom. The quantitative estimate of drug-likeness (QED) is 0.0276. The molecule has 0 amide bonds. The Labute approximate surface area is 465 Å². The van der Waals surface area contributed by atoms with Crippen LogP contribution in [0.2, 0.25) is 0 Å². The van der Waals surface area contributed by atoms with Gasteiger partial charge in [0.25, 0.3) is 0 Å². The Kier molecular flexibility index (Phi) is 62.3. The number of thiol groups is 1. The fourth-order valence-corrected chi connectivity index (χ4v) is 19.0. The van der Waals surface area contributed by atoms with Crippen molar-refractivity contribution < 1.29 is 25.8 Å². The van der Waals surface area contributed by atoms with Crippen molar-refractivity contribution in [2.75, 3.05) is 29.6 Å². The minimum absolute atomic E-state index is 0. The van der Waals surface area contributed by atoms with Crippen molar-refractivity contribution in [1.82, 2.24) is 0 Å². The first-order valence-corrected chi connectivity index (χ1v) is 36.3. The van der Waals surface area contributed by atoms with Crippen molar-refractivity contribution in [3.05, 3.63) is 0 Å². The van der Waals surface area contributed by atoms with Gasteiger partial charge in [-0.05, 0) is 55.1 Å². The van der Waals surface area contributed by atoms with E-state index in [9.17, 15) is 0 Å². The van der Waals surface area contributed by atoms with E-state index < -0.39 is 8.75 Å². The molecule has 0 bridgehead atoms. The Bertz CT molecular complexity index is 916. The van der Waals surface area contributed by atoms with E-state index in [0.29, 0.717) is 0 Å². The van der Waals surface area contributed by atoms with Crippen LogP contribution in [0.1, 0.15) is 388 Å². The normalized spacial score (nSPS) is 12.4. The van der Waals surface area contributed by atoms with Gasteiger partial charge in [-0.2, -0.15) is 0 Å². The van der Waals surface area contributed by atoms with Gasteiger partial charge >= 0.3 is 0 Å². The van der Waals surface area contributed by atoms with Crippen molar-refractivity contribution in [2.24, 2.45) is 0 Å². The van der Waals surface area contributed by atoms with Gasteiger partial charge < -0.3 is 4.74 Å². The second-order valence-corrected chi connectivity index (χ2v) is 29.7. The molecule has 70 heavy (non-hydrogen) atoms. The van der Waals surface area contributed by atoms with Gasteiger partial charge in [0, 0.05) is 21.1 Å². The number of hydrogen-bond acceptors (Lipinski definition) is 1. The zero-order valence-corrected chi connectivity index (χ0v) is 53.3. The van der Waals surface area contributed by atoms with Gasteiger partial charge in [0.1, 0.15) is 4.38 Å². The first kappa shape index (κ1) is 73.3. The van der Waals surface area contributed by atoms with Crippen molar-refractivity contribution in [2.45, 2.75) is 388 Å².